The van der Waals surface area contributed by atoms with Crippen LogP contribution in [0.2, 0.25) is 0 Å². The lowest BCUT2D eigenvalue weighted by molar-refractivity contribution is -0.142. The summed E-state index contributed by atoms with van der Waals surface area (Å²) >= 11 is 1.24. The topological polar surface area (TPSA) is 99.5 Å². The molecule has 2 saturated heterocycles. The minimum atomic E-state index is -4.72. The van der Waals surface area contributed by atoms with Crippen LogP contribution in [0.5, 0.6) is 0 Å². The average Bonchev–Trinajstić information content (AvgIpc) is 3.58. The van der Waals surface area contributed by atoms with Gasteiger partial charge in [0, 0.05) is 36.1 Å². The van der Waals surface area contributed by atoms with Crippen molar-refractivity contribution in [1.29, 1.82) is 0 Å². The Kier molecular flexibility index (Phi) is 8.88. The zero-order chi connectivity index (χ0) is 30.0. The van der Waals surface area contributed by atoms with Gasteiger partial charge in [0.15, 0.2) is 5.78 Å². The highest BCUT2D eigenvalue weighted by Crippen LogP contribution is 2.37. The largest absolute Gasteiger partial charge is 0.481 e. The number of anilines is 1. The fourth-order valence-electron chi connectivity index (χ4n) is 5.66. The van der Waals surface area contributed by atoms with Gasteiger partial charge in [-0.15, -0.1) is 11.3 Å². The van der Waals surface area contributed by atoms with Crippen molar-refractivity contribution in [1.82, 2.24) is 19.9 Å². The van der Waals surface area contributed by atoms with E-state index in [1.165, 1.54) is 23.7 Å². The molecule has 2 fully saturated rings. The number of hydrogen-bond donors (Lipinski definition) is 1. The average molecular weight is 606 g/mol. The van der Waals surface area contributed by atoms with Crippen LogP contribution >= 0.6 is 11.3 Å². The van der Waals surface area contributed by atoms with Crippen LogP contribution in [0.25, 0.3) is 11.3 Å². The summed E-state index contributed by atoms with van der Waals surface area (Å²) in [6.07, 6.45) is 1.98. The molecule has 2 aliphatic heterocycles. The molecule has 1 aromatic carbocycles. The summed E-state index contributed by atoms with van der Waals surface area (Å²) in [6.45, 7) is 4.43. The number of thiazole rings is 1. The number of ketones is 1. The predicted octanol–water partition coefficient (Wildman–Crippen LogP) is 5.86. The highest BCUT2D eigenvalue weighted by molar-refractivity contribution is 7.12. The van der Waals surface area contributed by atoms with E-state index in [2.05, 4.69) is 26.8 Å². The third-order valence-corrected chi connectivity index (χ3v) is 9.00. The van der Waals surface area contributed by atoms with Gasteiger partial charge >= 0.3 is 12.1 Å². The van der Waals surface area contributed by atoms with Gasteiger partial charge in [-0.05, 0) is 56.8 Å². The first-order valence-corrected chi connectivity index (χ1v) is 14.8. The van der Waals surface area contributed by atoms with E-state index in [9.17, 15) is 32.3 Å². The standard InChI is InChI=1S/C29H31F4N5O3S/c1-2-21-4-3-7-38(21)16-24-27(18-10-19(29(31,32)33)12-20(30)11-18)36-26(42-24)13-23(39)22-14-35-25(15-34-22)37-8-5-17(6-9-37)28(40)41/h10-12,14-15,17,21H,2-9,13,16H2,1H3,(H,40,41)/t21-/m1/s1. The first-order chi connectivity index (χ1) is 20.0. The molecule has 2 aromatic heterocycles. The molecule has 5 rings (SSSR count). The maximum absolute atomic E-state index is 14.3. The van der Waals surface area contributed by atoms with Crippen molar-refractivity contribution in [3.8, 4) is 11.3 Å². The van der Waals surface area contributed by atoms with Crippen LogP contribution in [0.1, 0.15) is 65.0 Å². The number of benzene rings is 1. The van der Waals surface area contributed by atoms with Crippen molar-refractivity contribution in [2.45, 2.75) is 64.2 Å². The smallest absolute Gasteiger partial charge is 0.416 e. The fourth-order valence-corrected chi connectivity index (χ4v) is 6.78. The molecule has 0 saturated carbocycles. The molecule has 13 heteroatoms. The van der Waals surface area contributed by atoms with E-state index >= 15 is 0 Å². The van der Waals surface area contributed by atoms with Crippen LogP contribution < -0.4 is 4.90 Å². The quantitative estimate of drug-likeness (QED) is 0.239. The van der Waals surface area contributed by atoms with E-state index in [0.717, 1.165) is 37.9 Å². The third kappa shape index (κ3) is 6.78. The van der Waals surface area contributed by atoms with Gasteiger partial charge in [-0.25, -0.2) is 19.3 Å². The Labute approximate surface area is 244 Å². The van der Waals surface area contributed by atoms with Crippen LogP contribution in [0.15, 0.2) is 30.6 Å². The minimum absolute atomic E-state index is 0.0235. The lowest BCUT2D eigenvalue weighted by Crippen LogP contribution is -2.36. The summed E-state index contributed by atoms with van der Waals surface area (Å²) in [7, 11) is 0. The second-order valence-corrected chi connectivity index (χ2v) is 11.9. The molecule has 4 heterocycles. The number of carboxylic acids is 1. The molecule has 0 radical (unpaired) electrons. The van der Waals surface area contributed by atoms with Gasteiger partial charge in [-0.3, -0.25) is 14.5 Å². The number of carbonyl (C=O) groups excluding carboxylic acids is 1. The molecule has 0 bridgehead atoms. The Bertz CT molecular complexity index is 1440. The maximum Gasteiger partial charge on any atom is 0.416 e. The number of alkyl halides is 3. The zero-order valence-electron chi connectivity index (χ0n) is 23.0. The zero-order valence-corrected chi connectivity index (χ0v) is 23.8. The number of piperidine rings is 1. The first kappa shape index (κ1) is 30.0. The van der Waals surface area contributed by atoms with Crippen molar-refractivity contribution >= 4 is 28.9 Å². The molecule has 8 nitrogen and oxygen atoms in total. The van der Waals surface area contributed by atoms with Crippen LogP contribution in [0.4, 0.5) is 23.4 Å². The highest BCUT2D eigenvalue weighted by atomic mass is 32.1. The van der Waals surface area contributed by atoms with Gasteiger partial charge in [0.1, 0.15) is 22.3 Å². The Morgan fingerprint density at radius 2 is 1.83 bits per heavy atom. The van der Waals surface area contributed by atoms with E-state index in [1.807, 2.05) is 4.90 Å². The lowest BCUT2D eigenvalue weighted by Gasteiger charge is -2.30. The second-order valence-electron chi connectivity index (χ2n) is 10.7. The van der Waals surface area contributed by atoms with Crippen LogP contribution in [-0.4, -0.2) is 62.4 Å². The molecular weight excluding hydrogens is 574 g/mol. The van der Waals surface area contributed by atoms with Gasteiger partial charge < -0.3 is 10.0 Å². The molecule has 1 atom stereocenters. The van der Waals surface area contributed by atoms with Gasteiger partial charge in [-0.2, -0.15) is 13.2 Å². The maximum atomic E-state index is 14.3. The number of carbonyl (C=O) groups is 2. The summed E-state index contributed by atoms with van der Waals surface area (Å²) in [5.41, 5.74) is -0.700. The first-order valence-electron chi connectivity index (χ1n) is 14.0. The van der Waals surface area contributed by atoms with Gasteiger partial charge in [0.05, 0.1) is 36.0 Å². The number of hydrogen-bond acceptors (Lipinski definition) is 8. The Hall–Kier alpha value is -3.45. The van der Waals surface area contributed by atoms with Crippen molar-refractivity contribution in [3.63, 3.8) is 0 Å². The van der Waals surface area contributed by atoms with Crippen molar-refractivity contribution in [3.05, 3.63) is 57.6 Å². The fraction of sp³-hybridized carbons (Fsp3) is 0.483. The SMILES string of the molecule is CC[C@@H]1CCCN1Cc1sc(CC(=O)c2cnc(N3CCC(C(=O)O)CC3)cn2)nc1-c1cc(F)cc(C(F)(F)F)c1. The van der Waals surface area contributed by atoms with Crippen molar-refractivity contribution < 1.29 is 32.3 Å². The summed E-state index contributed by atoms with van der Waals surface area (Å²) in [6, 6.07) is 2.75. The second kappa shape index (κ2) is 12.4. The van der Waals surface area contributed by atoms with Gasteiger partial charge in [0.2, 0.25) is 0 Å². The molecule has 0 amide bonds. The molecule has 0 spiro atoms. The van der Waals surface area contributed by atoms with E-state index in [4.69, 9.17) is 0 Å². The molecule has 224 valence electrons. The summed E-state index contributed by atoms with van der Waals surface area (Å²) in [4.78, 5) is 42.4. The molecule has 42 heavy (non-hydrogen) atoms. The third-order valence-electron chi connectivity index (χ3n) is 7.96. The van der Waals surface area contributed by atoms with Crippen molar-refractivity contribution in [2.75, 3.05) is 24.5 Å². The monoisotopic (exact) mass is 605 g/mol. The summed E-state index contributed by atoms with van der Waals surface area (Å²) in [5.74, 6) is -2.00. The van der Waals surface area contributed by atoms with Gasteiger partial charge in [0.25, 0.3) is 0 Å². The van der Waals surface area contributed by atoms with E-state index in [0.29, 0.717) is 60.3 Å². The Morgan fingerprint density at radius 3 is 2.48 bits per heavy atom. The number of halogens is 4. The highest BCUT2D eigenvalue weighted by Gasteiger charge is 2.33. The molecular formula is C29H31F4N5O3S. The summed E-state index contributed by atoms with van der Waals surface area (Å²) in [5, 5.41) is 9.59. The molecule has 3 aromatic rings. The van der Waals surface area contributed by atoms with E-state index < -0.39 is 23.5 Å². The van der Waals surface area contributed by atoms with Crippen LogP contribution in [0.3, 0.4) is 0 Å². The number of Topliss-reactive ketones (excluding diaryl/α,β-unsaturated/α-hetero) is 1. The minimum Gasteiger partial charge on any atom is -0.481 e. The Morgan fingerprint density at radius 1 is 1.07 bits per heavy atom. The number of aliphatic carboxylic acids is 1. The van der Waals surface area contributed by atoms with Crippen molar-refractivity contribution in [2.24, 2.45) is 5.92 Å². The number of carboxylic acid groups (broad SMARTS) is 1. The lowest BCUT2D eigenvalue weighted by atomic mass is 9.97. The van der Waals surface area contributed by atoms with Crippen LogP contribution in [0, 0.1) is 11.7 Å². The predicted molar refractivity (Wildman–Crippen MR) is 149 cm³/mol. The number of likely N-dealkylation sites (tertiary alicyclic amines) is 1. The van der Waals surface area contributed by atoms with E-state index in [1.54, 1.807) is 0 Å². The molecule has 2 aliphatic rings. The number of nitrogens with zero attached hydrogens (tertiary/aromatic N) is 5. The van der Waals surface area contributed by atoms with Crippen LogP contribution in [-0.2, 0) is 23.9 Å². The number of rotatable bonds is 9. The molecule has 0 unspecified atom stereocenters. The van der Waals surface area contributed by atoms with E-state index in [-0.39, 0.29) is 35.1 Å². The summed E-state index contributed by atoms with van der Waals surface area (Å²) < 4.78 is 54.7. The normalized spacial score (nSPS) is 18.5. The molecule has 0 aliphatic carbocycles. The Balaban J connectivity index is 1.37. The molecule has 1 N–H and O–H groups in total. The number of aromatic nitrogens is 3. The van der Waals surface area contributed by atoms with Gasteiger partial charge in [-0.1, -0.05) is 6.92 Å².